The van der Waals surface area contributed by atoms with Crippen LogP contribution in [0.15, 0.2) is 6.33 Å². The summed E-state index contributed by atoms with van der Waals surface area (Å²) in [5, 5.41) is 17.7. The van der Waals surface area contributed by atoms with Crippen LogP contribution in [0, 0.1) is 0 Å². The number of nitrogens with one attached hydrogen (secondary N) is 2. The minimum absolute atomic E-state index is 0.0802. The van der Waals surface area contributed by atoms with E-state index in [1.807, 2.05) is 23.5 Å². The Kier molecular flexibility index (Phi) is 5.96. The fraction of sp³-hybridized carbons (Fsp3) is 0.846. The number of hydrogen-bond acceptors (Lipinski definition) is 7. The van der Waals surface area contributed by atoms with Gasteiger partial charge < -0.3 is 10.6 Å². The highest BCUT2D eigenvalue weighted by atomic mass is 32.2. The van der Waals surface area contributed by atoms with E-state index >= 15 is 0 Å². The molecule has 1 aromatic heterocycles. The normalized spacial score (nSPS) is 26.2. The van der Waals surface area contributed by atoms with Crippen LogP contribution in [0.4, 0.5) is 0 Å². The van der Waals surface area contributed by atoms with E-state index in [0.717, 1.165) is 12.8 Å². The van der Waals surface area contributed by atoms with Crippen molar-refractivity contribution in [1.82, 2.24) is 30.8 Å². The van der Waals surface area contributed by atoms with Gasteiger partial charge in [-0.1, -0.05) is 0 Å². The summed E-state index contributed by atoms with van der Waals surface area (Å²) in [7, 11) is 0. The molecule has 122 valence electrons. The molecule has 2 heterocycles. The van der Waals surface area contributed by atoms with Gasteiger partial charge in [0.25, 0.3) is 0 Å². The Bertz CT molecular complexity index is 463. The number of tetrazole rings is 1. The minimum atomic E-state index is 0.0802. The Balaban J connectivity index is 1.37. The number of amides is 1. The first-order chi connectivity index (χ1) is 10.8. The van der Waals surface area contributed by atoms with Crippen LogP contribution in [0.25, 0.3) is 0 Å². The van der Waals surface area contributed by atoms with Crippen LogP contribution in [-0.2, 0) is 11.3 Å². The summed E-state index contributed by atoms with van der Waals surface area (Å²) in [6, 6.07) is 1.28. The van der Waals surface area contributed by atoms with Gasteiger partial charge in [0.2, 0.25) is 5.91 Å². The van der Waals surface area contributed by atoms with E-state index < -0.39 is 0 Å². The zero-order valence-corrected chi connectivity index (χ0v) is 14.1. The van der Waals surface area contributed by atoms with Crippen LogP contribution < -0.4 is 10.6 Å². The number of carbonyl (C=O) groups is 1. The van der Waals surface area contributed by atoms with E-state index in [9.17, 15) is 4.79 Å². The van der Waals surface area contributed by atoms with Crippen LogP contribution in [-0.4, -0.2) is 67.3 Å². The van der Waals surface area contributed by atoms with Gasteiger partial charge in [0.15, 0.2) is 0 Å². The molecule has 1 aliphatic heterocycles. The van der Waals surface area contributed by atoms with E-state index in [1.54, 1.807) is 4.68 Å². The van der Waals surface area contributed by atoms with Gasteiger partial charge in [-0.05, 0) is 23.3 Å². The summed E-state index contributed by atoms with van der Waals surface area (Å²) >= 11 is 4.06. The van der Waals surface area contributed by atoms with E-state index in [2.05, 4.69) is 26.2 Å². The summed E-state index contributed by atoms with van der Waals surface area (Å²) < 4.78 is 1.58. The monoisotopic (exact) mass is 342 g/mol. The van der Waals surface area contributed by atoms with E-state index in [4.69, 9.17) is 0 Å². The number of aromatic nitrogens is 4. The molecule has 0 spiro atoms. The molecular weight excluding hydrogens is 320 g/mol. The number of hydrogen-bond donors (Lipinski definition) is 2. The van der Waals surface area contributed by atoms with Crippen molar-refractivity contribution in [2.24, 2.45) is 0 Å². The molecular formula is C13H22N6OS2. The van der Waals surface area contributed by atoms with Crippen LogP contribution >= 0.6 is 23.5 Å². The number of aryl methyl sites for hydroxylation is 1. The van der Waals surface area contributed by atoms with Gasteiger partial charge in [-0.3, -0.25) is 4.79 Å². The van der Waals surface area contributed by atoms with E-state index in [-0.39, 0.29) is 11.9 Å². The van der Waals surface area contributed by atoms with Crippen molar-refractivity contribution in [3.8, 4) is 0 Å². The molecule has 1 aromatic rings. The molecule has 1 saturated carbocycles. The fourth-order valence-electron chi connectivity index (χ4n) is 2.67. The lowest BCUT2D eigenvalue weighted by Gasteiger charge is -2.40. The number of carbonyl (C=O) groups excluding carboxylic acids is 1. The van der Waals surface area contributed by atoms with Crippen LogP contribution in [0.3, 0.4) is 0 Å². The molecule has 1 amide bonds. The van der Waals surface area contributed by atoms with Crippen molar-refractivity contribution in [2.45, 2.75) is 43.9 Å². The predicted octanol–water partition coefficient (Wildman–Crippen LogP) is 0.149. The molecule has 2 N–H and O–H groups in total. The van der Waals surface area contributed by atoms with Crippen LogP contribution in [0.1, 0.15) is 19.3 Å². The van der Waals surface area contributed by atoms with Gasteiger partial charge in [0.1, 0.15) is 6.33 Å². The molecule has 2 fully saturated rings. The average Bonchev–Trinajstić information content (AvgIpc) is 2.90. The van der Waals surface area contributed by atoms with Crippen molar-refractivity contribution in [3.05, 3.63) is 6.33 Å². The Labute approximate surface area is 138 Å². The van der Waals surface area contributed by atoms with Gasteiger partial charge >= 0.3 is 0 Å². The minimum Gasteiger partial charge on any atom is -0.352 e. The topological polar surface area (TPSA) is 84.7 Å². The van der Waals surface area contributed by atoms with Crippen LogP contribution in [0.2, 0.25) is 0 Å². The molecule has 0 bridgehead atoms. The molecule has 9 heteroatoms. The van der Waals surface area contributed by atoms with Crippen molar-refractivity contribution < 1.29 is 4.79 Å². The maximum atomic E-state index is 12.0. The quantitative estimate of drug-likeness (QED) is 0.761. The molecule has 0 aromatic carbocycles. The van der Waals surface area contributed by atoms with Gasteiger partial charge in [0.05, 0.1) is 6.54 Å². The van der Waals surface area contributed by atoms with E-state index in [1.165, 1.54) is 29.3 Å². The highest BCUT2D eigenvalue weighted by molar-refractivity contribution is 8.03. The third-order valence-electron chi connectivity index (χ3n) is 4.04. The van der Waals surface area contributed by atoms with Crippen molar-refractivity contribution in [3.63, 3.8) is 0 Å². The Morgan fingerprint density at radius 3 is 2.64 bits per heavy atom. The summed E-state index contributed by atoms with van der Waals surface area (Å²) in [6.07, 6.45) is 4.18. The van der Waals surface area contributed by atoms with Crippen LogP contribution in [0.5, 0.6) is 0 Å². The van der Waals surface area contributed by atoms with Gasteiger partial charge in [-0.15, -0.1) is 5.10 Å². The van der Waals surface area contributed by atoms with Crippen molar-refractivity contribution >= 4 is 29.4 Å². The fourth-order valence-corrected chi connectivity index (χ4v) is 5.09. The first-order valence-corrected chi connectivity index (χ1v) is 10.0. The highest BCUT2D eigenvalue weighted by Crippen LogP contribution is 2.23. The smallest absolute Gasteiger partial charge is 0.222 e. The summed E-state index contributed by atoms with van der Waals surface area (Å²) in [4.78, 5) is 12.0. The first kappa shape index (κ1) is 16.1. The lowest BCUT2D eigenvalue weighted by molar-refractivity contribution is -0.122. The molecule has 0 radical (unpaired) electrons. The zero-order chi connectivity index (χ0) is 15.2. The molecule has 0 unspecified atom stereocenters. The third-order valence-corrected chi connectivity index (χ3v) is 6.56. The first-order valence-electron chi connectivity index (χ1n) is 7.73. The van der Waals surface area contributed by atoms with E-state index in [0.29, 0.717) is 25.0 Å². The van der Waals surface area contributed by atoms with Gasteiger partial charge in [-0.2, -0.15) is 23.5 Å². The Hall–Kier alpha value is -0.800. The second-order valence-electron chi connectivity index (χ2n) is 5.69. The zero-order valence-electron chi connectivity index (χ0n) is 12.5. The SMILES string of the molecule is O=C(CCn1cnnn1)N[C@H]1CC[C@H]1NC1CSCCSC1. The van der Waals surface area contributed by atoms with Gasteiger partial charge in [0, 0.05) is 47.6 Å². The molecule has 1 saturated heterocycles. The second-order valence-corrected chi connectivity index (χ2v) is 7.99. The average molecular weight is 342 g/mol. The standard InChI is InChI=1S/C13H22N6OS2/c20-13(3-4-19-9-14-17-18-19)16-12-2-1-11(12)15-10-7-21-5-6-22-8-10/h9-12,15H,1-8H2,(H,16,20)/t11-,12+/m1/s1. The maximum Gasteiger partial charge on any atom is 0.222 e. The molecule has 2 atom stereocenters. The van der Waals surface area contributed by atoms with Crippen molar-refractivity contribution in [1.29, 1.82) is 0 Å². The van der Waals surface area contributed by atoms with Gasteiger partial charge in [-0.25, -0.2) is 4.68 Å². The number of nitrogens with zero attached hydrogens (tertiary/aromatic N) is 4. The molecule has 7 nitrogen and oxygen atoms in total. The second kappa shape index (κ2) is 8.16. The Morgan fingerprint density at radius 2 is 2.00 bits per heavy atom. The lowest BCUT2D eigenvalue weighted by Crippen LogP contribution is -2.59. The highest BCUT2D eigenvalue weighted by Gasteiger charge is 2.33. The summed E-state index contributed by atoms with van der Waals surface area (Å²) in [6.45, 7) is 0.527. The van der Waals surface area contributed by atoms with Crippen molar-refractivity contribution in [2.75, 3.05) is 23.0 Å². The summed E-state index contributed by atoms with van der Waals surface area (Å²) in [5.74, 6) is 4.96. The molecule has 1 aliphatic carbocycles. The number of rotatable bonds is 6. The molecule has 2 aliphatic rings. The lowest BCUT2D eigenvalue weighted by atomic mass is 9.85. The molecule has 22 heavy (non-hydrogen) atoms. The largest absolute Gasteiger partial charge is 0.352 e. The third kappa shape index (κ3) is 4.60. The number of thioether (sulfide) groups is 2. The Morgan fingerprint density at radius 1 is 1.23 bits per heavy atom. The molecule has 3 rings (SSSR count). The summed E-state index contributed by atoms with van der Waals surface area (Å²) in [5.41, 5.74) is 0. The maximum absolute atomic E-state index is 12.0. The predicted molar refractivity (Wildman–Crippen MR) is 89.0 cm³/mol.